The first-order valence-corrected chi connectivity index (χ1v) is 7.40. The highest BCUT2D eigenvalue weighted by molar-refractivity contribution is 6.30. The maximum absolute atomic E-state index is 13.3. The van der Waals surface area contributed by atoms with E-state index in [0.29, 0.717) is 16.7 Å². The third-order valence-electron chi connectivity index (χ3n) is 3.42. The monoisotopic (exact) mass is 347 g/mol. The molecule has 1 heterocycles. The first-order valence-electron chi connectivity index (χ1n) is 7.02. The first kappa shape index (κ1) is 16.1. The van der Waals surface area contributed by atoms with Crippen molar-refractivity contribution in [2.24, 2.45) is 0 Å². The minimum absolute atomic E-state index is 0.134. The molecule has 1 amide bonds. The second-order valence-corrected chi connectivity index (χ2v) is 5.63. The molecule has 0 saturated heterocycles. The van der Waals surface area contributed by atoms with Crippen molar-refractivity contribution < 1.29 is 13.6 Å². The van der Waals surface area contributed by atoms with Gasteiger partial charge in [0.05, 0.1) is 0 Å². The molecule has 0 aliphatic heterocycles. The fraction of sp³-hybridized carbons (Fsp3) is 0.0588. The summed E-state index contributed by atoms with van der Waals surface area (Å²) in [6.45, 7) is 1.79. The van der Waals surface area contributed by atoms with Gasteiger partial charge in [0.25, 0.3) is 5.91 Å². The fourth-order valence-corrected chi connectivity index (χ4v) is 2.57. The number of benzene rings is 2. The molecule has 0 saturated carbocycles. The number of hydrogen-bond acceptors (Lipinski definition) is 2. The number of carbonyl (C=O) groups is 1. The van der Waals surface area contributed by atoms with Gasteiger partial charge in [-0.05, 0) is 36.8 Å². The third-order valence-corrected chi connectivity index (χ3v) is 3.65. The van der Waals surface area contributed by atoms with Gasteiger partial charge in [-0.15, -0.1) is 0 Å². The summed E-state index contributed by atoms with van der Waals surface area (Å²) in [5, 5.41) is 9.93. The summed E-state index contributed by atoms with van der Waals surface area (Å²) in [5.74, 6) is -2.06. The van der Waals surface area contributed by atoms with Gasteiger partial charge in [0.2, 0.25) is 0 Å². The Kier molecular flexibility index (Phi) is 4.31. The van der Waals surface area contributed by atoms with Gasteiger partial charge in [-0.1, -0.05) is 23.7 Å². The standard InChI is InChI=1S/C17H12ClF2N3O/c1-9-15(10-3-2-4-12(18)5-10)16(23-22-9)21-17(24)11-6-13(19)8-14(20)7-11/h2-8H,1H3,(H2,21,22,23,24). The SMILES string of the molecule is Cc1[nH]nc(NC(=O)c2cc(F)cc(F)c2)c1-c1cccc(Cl)c1. The number of nitrogens with zero attached hydrogens (tertiary/aromatic N) is 1. The molecule has 2 N–H and O–H groups in total. The quantitative estimate of drug-likeness (QED) is 0.729. The zero-order valence-electron chi connectivity index (χ0n) is 12.5. The summed E-state index contributed by atoms with van der Waals surface area (Å²) < 4.78 is 26.5. The predicted molar refractivity (Wildman–Crippen MR) is 88.1 cm³/mol. The number of aromatic amines is 1. The molecule has 0 atom stereocenters. The number of halogens is 3. The zero-order chi connectivity index (χ0) is 17.3. The maximum atomic E-state index is 13.3. The van der Waals surface area contributed by atoms with Crippen molar-refractivity contribution in [3.63, 3.8) is 0 Å². The molecule has 0 radical (unpaired) electrons. The molecule has 3 aromatic rings. The Balaban J connectivity index is 1.95. The van der Waals surface area contributed by atoms with Gasteiger partial charge >= 0.3 is 0 Å². The van der Waals surface area contributed by atoms with Crippen LogP contribution in [0.5, 0.6) is 0 Å². The van der Waals surface area contributed by atoms with Gasteiger partial charge in [0, 0.05) is 27.9 Å². The van der Waals surface area contributed by atoms with Gasteiger partial charge in [0.15, 0.2) is 5.82 Å². The number of rotatable bonds is 3. The molecule has 24 heavy (non-hydrogen) atoms. The van der Waals surface area contributed by atoms with Crippen LogP contribution >= 0.6 is 11.6 Å². The van der Waals surface area contributed by atoms with Crippen LogP contribution in [0.2, 0.25) is 5.02 Å². The lowest BCUT2D eigenvalue weighted by atomic mass is 10.1. The molecular weight excluding hydrogens is 336 g/mol. The number of amides is 1. The lowest BCUT2D eigenvalue weighted by Crippen LogP contribution is -2.13. The van der Waals surface area contributed by atoms with Gasteiger partial charge in [0.1, 0.15) is 11.6 Å². The smallest absolute Gasteiger partial charge is 0.257 e. The first-order chi connectivity index (χ1) is 11.4. The van der Waals surface area contributed by atoms with E-state index in [1.165, 1.54) is 0 Å². The highest BCUT2D eigenvalue weighted by atomic mass is 35.5. The number of anilines is 1. The van der Waals surface area contributed by atoms with Gasteiger partial charge in [-0.2, -0.15) is 5.10 Å². The normalized spacial score (nSPS) is 10.7. The minimum atomic E-state index is -0.826. The largest absolute Gasteiger partial charge is 0.305 e. The van der Waals surface area contributed by atoms with Crippen LogP contribution in [0.25, 0.3) is 11.1 Å². The van der Waals surface area contributed by atoms with E-state index in [1.54, 1.807) is 25.1 Å². The van der Waals surface area contributed by atoms with Crippen molar-refractivity contribution >= 4 is 23.3 Å². The van der Waals surface area contributed by atoms with Crippen molar-refractivity contribution in [3.05, 3.63) is 70.4 Å². The van der Waals surface area contributed by atoms with Crippen molar-refractivity contribution in [2.45, 2.75) is 6.92 Å². The van der Waals surface area contributed by atoms with E-state index in [4.69, 9.17) is 11.6 Å². The Bertz CT molecular complexity index is 904. The van der Waals surface area contributed by atoms with E-state index >= 15 is 0 Å². The molecule has 0 spiro atoms. The Morgan fingerprint density at radius 1 is 1.17 bits per heavy atom. The van der Waals surface area contributed by atoms with Crippen molar-refractivity contribution in [2.75, 3.05) is 5.32 Å². The van der Waals surface area contributed by atoms with Crippen molar-refractivity contribution in [3.8, 4) is 11.1 Å². The number of carbonyl (C=O) groups excluding carboxylic acids is 1. The van der Waals surface area contributed by atoms with Crippen LogP contribution in [0.15, 0.2) is 42.5 Å². The lowest BCUT2D eigenvalue weighted by molar-refractivity contribution is 0.102. The van der Waals surface area contributed by atoms with Gasteiger partial charge in [-0.3, -0.25) is 9.89 Å². The molecule has 0 aliphatic rings. The molecule has 4 nitrogen and oxygen atoms in total. The van der Waals surface area contributed by atoms with Crippen LogP contribution in [-0.4, -0.2) is 16.1 Å². The van der Waals surface area contributed by atoms with Crippen molar-refractivity contribution in [1.29, 1.82) is 0 Å². The summed E-state index contributed by atoms with van der Waals surface area (Å²) in [6, 6.07) is 9.67. The molecule has 7 heteroatoms. The van der Waals surface area contributed by atoms with Crippen LogP contribution in [-0.2, 0) is 0 Å². The van der Waals surface area contributed by atoms with Gasteiger partial charge in [-0.25, -0.2) is 8.78 Å². The van der Waals surface area contributed by atoms with E-state index in [0.717, 1.165) is 23.4 Å². The van der Waals surface area contributed by atoms with E-state index < -0.39 is 17.5 Å². The molecule has 1 aromatic heterocycles. The highest BCUT2D eigenvalue weighted by Gasteiger charge is 2.17. The van der Waals surface area contributed by atoms with Crippen molar-refractivity contribution in [1.82, 2.24) is 10.2 Å². The summed E-state index contributed by atoms with van der Waals surface area (Å²) in [7, 11) is 0. The molecular formula is C17H12ClF2N3O. The number of hydrogen-bond donors (Lipinski definition) is 2. The molecule has 3 rings (SSSR count). The second-order valence-electron chi connectivity index (χ2n) is 5.19. The molecule has 0 bridgehead atoms. The average Bonchev–Trinajstić information content (AvgIpc) is 2.87. The van der Waals surface area contributed by atoms with Crippen LogP contribution in [0.1, 0.15) is 16.1 Å². The molecule has 0 aliphatic carbocycles. The topological polar surface area (TPSA) is 57.8 Å². The summed E-state index contributed by atoms with van der Waals surface area (Å²) >= 11 is 6.00. The zero-order valence-corrected chi connectivity index (χ0v) is 13.3. The minimum Gasteiger partial charge on any atom is -0.305 e. The van der Waals surface area contributed by atoms with Gasteiger partial charge < -0.3 is 5.32 Å². The van der Waals surface area contributed by atoms with E-state index in [2.05, 4.69) is 15.5 Å². The van der Waals surface area contributed by atoms with E-state index in [1.807, 2.05) is 6.07 Å². The number of H-pyrrole nitrogens is 1. The van der Waals surface area contributed by atoms with Crippen LogP contribution in [0, 0.1) is 18.6 Å². The van der Waals surface area contributed by atoms with E-state index in [9.17, 15) is 13.6 Å². The van der Waals surface area contributed by atoms with Crippen LogP contribution in [0.4, 0.5) is 14.6 Å². The summed E-state index contributed by atoms with van der Waals surface area (Å²) in [4.78, 5) is 12.3. The molecule has 0 unspecified atom stereocenters. The Hall–Kier alpha value is -2.73. The lowest BCUT2D eigenvalue weighted by Gasteiger charge is -2.07. The Morgan fingerprint density at radius 3 is 2.54 bits per heavy atom. The average molecular weight is 348 g/mol. The summed E-state index contributed by atoms with van der Waals surface area (Å²) in [5.41, 5.74) is 2.00. The van der Waals surface area contributed by atoms with Crippen LogP contribution < -0.4 is 5.32 Å². The number of nitrogens with one attached hydrogen (secondary N) is 2. The van der Waals surface area contributed by atoms with E-state index in [-0.39, 0.29) is 11.4 Å². The number of aromatic nitrogens is 2. The Labute approximate surface area is 141 Å². The fourth-order valence-electron chi connectivity index (χ4n) is 2.38. The Morgan fingerprint density at radius 2 is 1.88 bits per heavy atom. The molecule has 0 fully saturated rings. The second kappa shape index (κ2) is 6.41. The predicted octanol–water partition coefficient (Wildman–Crippen LogP) is 4.57. The van der Waals surface area contributed by atoms with Crippen LogP contribution in [0.3, 0.4) is 0 Å². The molecule has 2 aromatic carbocycles. The maximum Gasteiger partial charge on any atom is 0.257 e. The number of aryl methyl sites for hydroxylation is 1. The highest BCUT2D eigenvalue weighted by Crippen LogP contribution is 2.31. The molecule has 122 valence electrons. The third kappa shape index (κ3) is 3.28. The summed E-state index contributed by atoms with van der Waals surface area (Å²) in [6.07, 6.45) is 0.